The number of H-pyrrole nitrogens is 1. The number of sulfone groups is 1. The van der Waals surface area contributed by atoms with E-state index in [1.807, 2.05) is 41.3 Å². The molecule has 3 aromatic rings. The molecule has 5 rings (SSSR count). The van der Waals surface area contributed by atoms with Gasteiger partial charge in [0.25, 0.3) is 0 Å². The molecule has 1 aromatic heterocycles. The zero-order valence-electron chi connectivity index (χ0n) is 17.9. The lowest BCUT2D eigenvalue weighted by Crippen LogP contribution is -2.43. The smallest absolute Gasteiger partial charge is 0.233 e. The Bertz CT molecular complexity index is 1230. The number of carbonyl (C=O) groups is 1. The molecule has 0 spiro atoms. The van der Waals surface area contributed by atoms with Crippen LogP contribution in [0.1, 0.15) is 42.7 Å². The fourth-order valence-electron chi connectivity index (χ4n) is 4.91. The molecular formula is C23H25N5O3S. The van der Waals surface area contributed by atoms with Crippen molar-refractivity contribution < 1.29 is 13.2 Å². The number of hydrogen-bond acceptors (Lipinski definition) is 6. The van der Waals surface area contributed by atoms with Crippen LogP contribution in [0.5, 0.6) is 0 Å². The molecule has 2 fully saturated rings. The molecule has 1 saturated heterocycles. The summed E-state index contributed by atoms with van der Waals surface area (Å²) in [5.74, 6) is 0.604. The maximum Gasteiger partial charge on any atom is 0.233 e. The van der Waals surface area contributed by atoms with Gasteiger partial charge in [-0.1, -0.05) is 42.5 Å². The molecule has 1 saturated carbocycles. The number of piperidine rings is 1. The number of amides is 1. The average Bonchev–Trinajstić information content (AvgIpc) is 3.44. The monoisotopic (exact) mass is 451 g/mol. The second kappa shape index (κ2) is 7.81. The topological polar surface area (TPSA) is 109 Å². The lowest BCUT2D eigenvalue weighted by atomic mass is 9.85. The van der Waals surface area contributed by atoms with Crippen molar-refractivity contribution >= 4 is 15.7 Å². The van der Waals surface area contributed by atoms with E-state index in [1.165, 1.54) is 6.26 Å². The number of rotatable bonds is 5. The minimum Gasteiger partial charge on any atom is -0.342 e. The summed E-state index contributed by atoms with van der Waals surface area (Å²) in [4.78, 5) is 15.6. The Hall–Kier alpha value is -3.07. The van der Waals surface area contributed by atoms with Crippen LogP contribution in [0.3, 0.4) is 0 Å². The van der Waals surface area contributed by atoms with Crippen LogP contribution < -0.4 is 0 Å². The minimum absolute atomic E-state index is 0.112. The van der Waals surface area contributed by atoms with Crippen molar-refractivity contribution in [1.82, 2.24) is 25.5 Å². The van der Waals surface area contributed by atoms with E-state index in [9.17, 15) is 13.2 Å². The van der Waals surface area contributed by atoms with Gasteiger partial charge in [0, 0.05) is 24.9 Å². The van der Waals surface area contributed by atoms with Crippen molar-refractivity contribution in [2.75, 3.05) is 19.3 Å². The first-order valence-corrected chi connectivity index (χ1v) is 12.7. The molecule has 0 atom stereocenters. The van der Waals surface area contributed by atoms with E-state index in [0.717, 1.165) is 36.8 Å². The maximum atomic E-state index is 13.4. The summed E-state index contributed by atoms with van der Waals surface area (Å²) in [6.07, 6.45) is 4.50. The molecule has 1 aliphatic carbocycles. The Balaban J connectivity index is 1.39. The van der Waals surface area contributed by atoms with Gasteiger partial charge in [-0.2, -0.15) is 5.21 Å². The van der Waals surface area contributed by atoms with E-state index in [0.29, 0.717) is 18.7 Å². The highest BCUT2D eigenvalue weighted by Crippen LogP contribution is 2.50. The fourth-order valence-corrected chi connectivity index (χ4v) is 5.81. The Kier molecular flexibility index (Phi) is 5.08. The standard InChI is InChI=1S/C23H25N5O3S/c1-32(30,31)19-9-5-8-18(20(19)21-24-26-27-25-21)16-10-14-28(15-11-16)22(29)23(12-13-23)17-6-3-2-4-7-17/h2-9,16H,10-15H2,1H3,(H,24,25,26,27). The second-order valence-electron chi connectivity index (χ2n) is 8.74. The molecule has 0 radical (unpaired) electrons. The zero-order chi connectivity index (χ0) is 22.3. The Labute approximate surface area is 187 Å². The van der Waals surface area contributed by atoms with Crippen LogP contribution in [0.15, 0.2) is 53.4 Å². The lowest BCUT2D eigenvalue weighted by molar-refractivity contribution is -0.135. The first-order chi connectivity index (χ1) is 15.4. The van der Waals surface area contributed by atoms with Crippen molar-refractivity contribution in [3.63, 3.8) is 0 Å². The summed E-state index contributed by atoms with van der Waals surface area (Å²) in [6, 6.07) is 15.3. The number of hydrogen-bond donors (Lipinski definition) is 1. The molecule has 8 nitrogen and oxygen atoms in total. The quantitative estimate of drug-likeness (QED) is 0.639. The largest absolute Gasteiger partial charge is 0.342 e. The van der Waals surface area contributed by atoms with Crippen molar-refractivity contribution in [3.8, 4) is 11.4 Å². The number of aromatic amines is 1. The molecule has 166 valence electrons. The third-order valence-electron chi connectivity index (χ3n) is 6.73. The molecule has 9 heteroatoms. The summed E-state index contributed by atoms with van der Waals surface area (Å²) >= 11 is 0. The molecule has 1 aliphatic heterocycles. The van der Waals surface area contributed by atoms with E-state index in [1.54, 1.807) is 12.1 Å². The van der Waals surface area contributed by atoms with Gasteiger partial charge in [0.1, 0.15) is 0 Å². The van der Waals surface area contributed by atoms with E-state index >= 15 is 0 Å². The maximum absolute atomic E-state index is 13.4. The minimum atomic E-state index is -3.47. The molecule has 2 aromatic carbocycles. The summed E-state index contributed by atoms with van der Waals surface area (Å²) in [5, 5.41) is 14.2. The van der Waals surface area contributed by atoms with Gasteiger partial charge in [-0.3, -0.25) is 4.79 Å². The molecule has 32 heavy (non-hydrogen) atoms. The summed E-state index contributed by atoms with van der Waals surface area (Å²) < 4.78 is 24.9. The van der Waals surface area contributed by atoms with E-state index in [2.05, 4.69) is 20.6 Å². The molecule has 2 heterocycles. The summed E-state index contributed by atoms with van der Waals surface area (Å²) in [7, 11) is -3.47. The SMILES string of the molecule is CS(=O)(=O)c1cccc(C2CCN(C(=O)C3(c4ccccc4)CC3)CC2)c1-c1nn[nH]n1. The van der Waals surface area contributed by atoms with Gasteiger partial charge in [0.2, 0.25) is 11.7 Å². The fraction of sp³-hybridized carbons (Fsp3) is 0.391. The highest BCUT2D eigenvalue weighted by Gasteiger charge is 2.53. The van der Waals surface area contributed by atoms with Gasteiger partial charge in [-0.25, -0.2) is 8.42 Å². The molecule has 1 amide bonds. The number of likely N-dealkylation sites (tertiary alicyclic amines) is 1. The Morgan fingerprint density at radius 3 is 2.38 bits per heavy atom. The Morgan fingerprint density at radius 1 is 1.06 bits per heavy atom. The molecule has 0 bridgehead atoms. The first kappa shape index (κ1) is 20.8. The van der Waals surface area contributed by atoms with Crippen LogP contribution in [-0.4, -0.2) is 59.2 Å². The predicted molar refractivity (Wildman–Crippen MR) is 119 cm³/mol. The number of nitrogens with zero attached hydrogens (tertiary/aromatic N) is 4. The van der Waals surface area contributed by atoms with Gasteiger partial charge < -0.3 is 4.90 Å². The first-order valence-electron chi connectivity index (χ1n) is 10.8. The van der Waals surface area contributed by atoms with Crippen molar-refractivity contribution in [2.45, 2.75) is 41.9 Å². The molecule has 2 aliphatic rings. The summed E-state index contributed by atoms with van der Waals surface area (Å²) in [5.41, 5.74) is 2.15. The Morgan fingerprint density at radius 2 is 1.78 bits per heavy atom. The van der Waals surface area contributed by atoms with Crippen LogP contribution in [0.25, 0.3) is 11.4 Å². The highest BCUT2D eigenvalue weighted by atomic mass is 32.2. The van der Waals surface area contributed by atoms with Gasteiger partial charge in [0.15, 0.2) is 9.84 Å². The van der Waals surface area contributed by atoms with Crippen LogP contribution in [0.4, 0.5) is 0 Å². The normalized spacial score (nSPS) is 18.5. The average molecular weight is 452 g/mol. The van der Waals surface area contributed by atoms with E-state index in [-0.39, 0.29) is 28.0 Å². The van der Waals surface area contributed by atoms with E-state index < -0.39 is 9.84 Å². The van der Waals surface area contributed by atoms with Gasteiger partial charge in [0.05, 0.1) is 10.3 Å². The predicted octanol–water partition coefficient (Wildman–Crippen LogP) is 2.71. The van der Waals surface area contributed by atoms with Crippen molar-refractivity contribution in [3.05, 3.63) is 59.7 Å². The number of carbonyl (C=O) groups excluding carboxylic acids is 1. The van der Waals surface area contributed by atoms with Crippen molar-refractivity contribution in [1.29, 1.82) is 0 Å². The zero-order valence-corrected chi connectivity index (χ0v) is 18.7. The van der Waals surface area contributed by atoms with Crippen molar-refractivity contribution in [2.24, 2.45) is 0 Å². The van der Waals surface area contributed by atoms with E-state index in [4.69, 9.17) is 0 Å². The van der Waals surface area contributed by atoms with Crippen LogP contribution in [-0.2, 0) is 20.0 Å². The third-order valence-corrected chi connectivity index (χ3v) is 7.87. The molecule has 1 N–H and O–H groups in total. The molecular weight excluding hydrogens is 426 g/mol. The van der Waals surface area contributed by atoms with Gasteiger partial charge >= 0.3 is 0 Å². The number of tetrazole rings is 1. The third kappa shape index (κ3) is 3.60. The highest BCUT2D eigenvalue weighted by molar-refractivity contribution is 7.90. The van der Waals surface area contributed by atoms with Crippen LogP contribution >= 0.6 is 0 Å². The van der Waals surface area contributed by atoms with Gasteiger partial charge in [-0.05, 0) is 54.0 Å². The number of nitrogens with one attached hydrogen (secondary N) is 1. The molecule has 0 unspecified atom stereocenters. The van der Waals surface area contributed by atoms with Gasteiger partial charge in [-0.15, -0.1) is 10.2 Å². The lowest BCUT2D eigenvalue weighted by Gasteiger charge is -2.35. The number of benzene rings is 2. The number of aromatic nitrogens is 4. The van der Waals surface area contributed by atoms with Crippen LogP contribution in [0.2, 0.25) is 0 Å². The second-order valence-corrected chi connectivity index (χ2v) is 10.7. The summed E-state index contributed by atoms with van der Waals surface area (Å²) in [6.45, 7) is 1.29. The van der Waals surface area contributed by atoms with Crippen LogP contribution in [0, 0.1) is 0 Å².